The van der Waals surface area contributed by atoms with E-state index in [1.54, 1.807) is 21.5 Å². The van der Waals surface area contributed by atoms with Gasteiger partial charge in [-0.05, 0) is 103 Å². The highest BCUT2D eigenvalue weighted by Gasteiger charge is 2.44. The average Bonchev–Trinajstić information content (AvgIpc) is 3.58. The van der Waals surface area contributed by atoms with Crippen molar-refractivity contribution in [1.82, 2.24) is 0 Å². The third kappa shape index (κ3) is 6.17. The summed E-state index contributed by atoms with van der Waals surface area (Å²) in [5.41, 5.74) is 17.4. The summed E-state index contributed by atoms with van der Waals surface area (Å²) in [6.45, 7) is 24.2. The molecule has 0 aromatic heterocycles. The molecule has 2 aliphatic carbocycles. The minimum atomic E-state index is -2.32. The van der Waals surface area contributed by atoms with Gasteiger partial charge in [-0.25, -0.2) is 0 Å². The van der Waals surface area contributed by atoms with Crippen LogP contribution < -0.4 is 0 Å². The van der Waals surface area contributed by atoms with Crippen molar-refractivity contribution in [3.8, 4) is 22.3 Å². The highest BCUT2D eigenvalue weighted by molar-refractivity contribution is 7.09. The van der Waals surface area contributed by atoms with Crippen molar-refractivity contribution in [2.75, 3.05) is 0 Å². The summed E-state index contributed by atoms with van der Waals surface area (Å²) in [6, 6.07) is 32.4. The zero-order valence-electron chi connectivity index (χ0n) is 30.5. The van der Waals surface area contributed by atoms with E-state index in [-0.39, 0.29) is 0 Å². The van der Waals surface area contributed by atoms with E-state index in [0.29, 0.717) is 23.7 Å². The molecule has 0 aliphatic heterocycles. The maximum absolute atomic E-state index is 2.67. The van der Waals surface area contributed by atoms with Gasteiger partial charge in [0.15, 0.2) is 0 Å². The molecule has 0 nitrogen and oxygen atoms in total. The second-order valence-corrected chi connectivity index (χ2v) is 20.2. The number of hydrogen-bond acceptors (Lipinski definition) is 0. The molecular formula is C46H54Si. The molecule has 0 N–H and O–H groups in total. The fourth-order valence-electron chi connectivity index (χ4n) is 8.47. The predicted molar refractivity (Wildman–Crippen MR) is 209 cm³/mol. The van der Waals surface area contributed by atoms with E-state index in [9.17, 15) is 0 Å². The SMILES string of the molecule is CC(C)CC1=C([Si](C)(C)C2=C(CC(C)C)[CH]c3cccc(-c4ccccc4C(C)C)c32)c2c(cccc2-c2ccccc2C(C)C)[CH]1. The molecule has 2 aliphatic rings. The summed E-state index contributed by atoms with van der Waals surface area (Å²) in [4.78, 5) is 0. The molecule has 0 atom stereocenters. The van der Waals surface area contributed by atoms with E-state index in [1.165, 1.54) is 55.6 Å². The molecule has 2 radical (unpaired) electrons. The zero-order chi connectivity index (χ0) is 33.6. The van der Waals surface area contributed by atoms with E-state index in [4.69, 9.17) is 0 Å². The smallest absolute Gasteiger partial charge is 0.0625 e. The van der Waals surface area contributed by atoms with Crippen molar-refractivity contribution < 1.29 is 0 Å². The van der Waals surface area contributed by atoms with Gasteiger partial charge in [0.1, 0.15) is 8.07 Å². The summed E-state index contributed by atoms with van der Waals surface area (Å²) in [5, 5.41) is 3.31. The fraction of sp³-hybridized carbons (Fsp3) is 0.348. The standard InChI is InChI=1S/C46H54Si/c1-29(2)25-35-27-33-17-15-23-41(39-21-13-11-19-37(39)31(5)6)43(33)45(35)47(9,10)46-36(26-30(3)4)28-34-18-16-24-42(44(34)46)40-22-14-12-20-38(40)32(7)8/h11-24,27-32H,25-26H2,1-10H3. The van der Waals surface area contributed by atoms with Gasteiger partial charge in [-0.3, -0.25) is 0 Å². The lowest BCUT2D eigenvalue weighted by atomic mass is 9.89. The lowest BCUT2D eigenvalue weighted by molar-refractivity contribution is 0.648. The van der Waals surface area contributed by atoms with Gasteiger partial charge in [-0.1, -0.05) is 165 Å². The molecule has 0 bridgehead atoms. The van der Waals surface area contributed by atoms with Crippen molar-refractivity contribution >= 4 is 18.5 Å². The van der Waals surface area contributed by atoms with Crippen molar-refractivity contribution in [2.24, 2.45) is 11.8 Å². The molecule has 0 fully saturated rings. The van der Waals surface area contributed by atoms with Crippen LogP contribution in [-0.4, -0.2) is 8.07 Å². The van der Waals surface area contributed by atoms with Gasteiger partial charge < -0.3 is 0 Å². The van der Waals surface area contributed by atoms with Crippen LogP contribution in [0.5, 0.6) is 0 Å². The molecule has 0 amide bonds. The molecule has 4 aromatic carbocycles. The van der Waals surface area contributed by atoms with Gasteiger partial charge in [0.05, 0.1) is 0 Å². The Bertz CT molecular complexity index is 1720. The summed E-state index contributed by atoms with van der Waals surface area (Å²) in [7, 11) is -2.32. The number of fused-ring (bicyclic) bond motifs is 2. The van der Waals surface area contributed by atoms with Crippen LogP contribution in [0.1, 0.15) is 113 Å². The molecule has 4 aromatic rings. The van der Waals surface area contributed by atoms with Crippen molar-refractivity contribution in [3.05, 3.63) is 142 Å². The van der Waals surface area contributed by atoms with Crippen molar-refractivity contribution in [3.63, 3.8) is 0 Å². The van der Waals surface area contributed by atoms with Gasteiger partial charge in [-0.2, -0.15) is 0 Å². The quantitative estimate of drug-likeness (QED) is 0.152. The average molecular weight is 635 g/mol. The van der Waals surface area contributed by atoms with Crippen LogP contribution in [0.25, 0.3) is 32.6 Å². The third-order valence-corrected chi connectivity index (χ3v) is 13.9. The number of hydrogen-bond donors (Lipinski definition) is 0. The second-order valence-electron chi connectivity index (χ2n) is 15.9. The Morgan fingerprint density at radius 3 is 1.17 bits per heavy atom. The summed E-state index contributed by atoms with van der Waals surface area (Å²) in [6.07, 6.45) is 7.33. The molecule has 0 saturated carbocycles. The van der Waals surface area contributed by atoms with Crippen molar-refractivity contribution in [2.45, 2.75) is 93.2 Å². The Hall–Kier alpha value is -3.42. The normalized spacial score (nSPS) is 14.8. The molecule has 47 heavy (non-hydrogen) atoms. The molecular weight excluding hydrogens is 581 g/mol. The molecule has 0 unspecified atom stereocenters. The second kappa shape index (κ2) is 13.2. The van der Waals surface area contributed by atoms with Crippen LogP contribution in [0.4, 0.5) is 0 Å². The first-order valence-corrected chi connectivity index (χ1v) is 21.0. The van der Waals surface area contributed by atoms with E-state index >= 15 is 0 Å². The topological polar surface area (TPSA) is 0 Å². The Morgan fingerprint density at radius 1 is 0.447 bits per heavy atom. The number of rotatable bonds is 10. The summed E-state index contributed by atoms with van der Waals surface area (Å²) in [5.74, 6) is 2.09. The Labute approximate surface area is 287 Å². The maximum Gasteiger partial charge on any atom is 0.113 e. The minimum absolute atomic E-state index is 0.459. The van der Waals surface area contributed by atoms with Crippen LogP contribution in [0.2, 0.25) is 13.1 Å². The Kier molecular flexibility index (Phi) is 9.43. The molecule has 0 spiro atoms. The first-order valence-electron chi connectivity index (χ1n) is 18.0. The van der Waals surface area contributed by atoms with Crippen molar-refractivity contribution in [1.29, 1.82) is 0 Å². The number of benzene rings is 4. The van der Waals surface area contributed by atoms with Gasteiger partial charge in [0.2, 0.25) is 0 Å². The Morgan fingerprint density at radius 2 is 0.809 bits per heavy atom. The zero-order valence-corrected chi connectivity index (χ0v) is 31.5. The Balaban J connectivity index is 1.65. The van der Waals surface area contributed by atoms with Crippen LogP contribution in [0, 0.1) is 24.7 Å². The van der Waals surface area contributed by atoms with Gasteiger partial charge >= 0.3 is 0 Å². The molecule has 1 heteroatoms. The van der Waals surface area contributed by atoms with Crippen LogP contribution in [0.3, 0.4) is 0 Å². The van der Waals surface area contributed by atoms with E-state index in [0.717, 1.165) is 12.8 Å². The van der Waals surface area contributed by atoms with Crippen LogP contribution >= 0.6 is 0 Å². The van der Waals surface area contributed by atoms with Crippen LogP contribution in [0.15, 0.2) is 96.1 Å². The van der Waals surface area contributed by atoms with Gasteiger partial charge in [0, 0.05) is 12.8 Å². The van der Waals surface area contributed by atoms with Crippen LogP contribution in [-0.2, 0) is 0 Å². The monoisotopic (exact) mass is 634 g/mol. The lowest BCUT2D eigenvalue weighted by Gasteiger charge is -2.33. The first kappa shape index (κ1) is 33.5. The summed E-state index contributed by atoms with van der Waals surface area (Å²) >= 11 is 0. The van der Waals surface area contributed by atoms with E-state index < -0.39 is 8.07 Å². The highest BCUT2D eigenvalue weighted by atomic mass is 28.3. The molecule has 0 heterocycles. The highest BCUT2D eigenvalue weighted by Crippen LogP contribution is 2.55. The maximum atomic E-state index is 2.67. The summed E-state index contributed by atoms with van der Waals surface area (Å²) < 4.78 is 0. The first-order chi connectivity index (χ1) is 22.4. The lowest BCUT2D eigenvalue weighted by Crippen LogP contribution is -2.32. The predicted octanol–water partition coefficient (Wildman–Crippen LogP) is 13.5. The molecule has 242 valence electrons. The largest absolute Gasteiger partial charge is 0.113 e. The fourth-order valence-corrected chi connectivity index (χ4v) is 12.5. The minimum Gasteiger partial charge on any atom is -0.0625 e. The van der Waals surface area contributed by atoms with Gasteiger partial charge in [-0.15, -0.1) is 0 Å². The number of allylic oxidation sites excluding steroid dienone is 2. The van der Waals surface area contributed by atoms with E-state index in [2.05, 4.69) is 166 Å². The molecule has 6 rings (SSSR count). The third-order valence-electron chi connectivity index (χ3n) is 10.2. The van der Waals surface area contributed by atoms with Gasteiger partial charge in [0.25, 0.3) is 0 Å². The van der Waals surface area contributed by atoms with E-state index in [1.807, 2.05) is 0 Å². The molecule has 0 saturated heterocycles.